The number of phenols is 1. The van der Waals surface area contributed by atoms with Gasteiger partial charge in [-0.05, 0) is 52.3 Å². The molecule has 0 spiro atoms. The first kappa shape index (κ1) is 13.9. The Bertz CT molecular complexity index is 645. The van der Waals surface area contributed by atoms with E-state index >= 15 is 0 Å². The molecular formula is C13H10Br2N2O2. The third-order valence-electron chi connectivity index (χ3n) is 2.46. The summed E-state index contributed by atoms with van der Waals surface area (Å²) in [5.74, 6) is -0.339. The Labute approximate surface area is 126 Å². The van der Waals surface area contributed by atoms with Gasteiger partial charge in [0.1, 0.15) is 5.75 Å². The van der Waals surface area contributed by atoms with Crippen LogP contribution < -0.4 is 11.1 Å². The van der Waals surface area contributed by atoms with Crippen LogP contribution >= 0.6 is 31.9 Å². The number of rotatable bonds is 2. The molecule has 2 aromatic rings. The van der Waals surface area contributed by atoms with Gasteiger partial charge in [-0.25, -0.2) is 0 Å². The van der Waals surface area contributed by atoms with Crippen LogP contribution in [0.5, 0.6) is 5.75 Å². The summed E-state index contributed by atoms with van der Waals surface area (Å²) in [4.78, 5) is 12.0. The zero-order valence-electron chi connectivity index (χ0n) is 9.65. The van der Waals surface area contributed by atoms with Gasteiger partial charge in [-0.15, -0.1) is 0 Å². The molecule has 1 amide bonds. The van der Waals surface area contributed by atoms with Crippen molar-refractivity contribution in [2.24, 2.45) is 0 Å². The van der Waals surface area contributed by atoms with E-state index in [4.69, 9.17) is 5.73 Å². The number of halogens is 2. The molecule has 0 aliphatic heterocycles. The molecule has 0 aromatic heterocycles. The first-order valence-electron chi connectivity index (χ1n) is 5.32. The van der Waals surface area contributed by atoms with Crippen molar-refractivity contribution in [1.29, 1.82) is 0 Å². The molecule has 19 heavy (non-hydrogen) atoms. The fourth-order valence-corrected chi connectivity index (χ4v) is 2.10. The molecule has 0 radical (unpaired) electrons. The summed E-state index contributed by atoms with van der Waals surface area (Å²) < 4.78 is 1.49. The quantitative estimate of drug-likeness (QED) is 0.544. The van der Waals surface area contributed by atoms with Crippen molar-refractivity contribution in [1.82, 2.24) is 0 Å². The Balaban J connectivity index is 2.25. The molecule has 0 saturated heterocycles. The zero-order chi connectivity index (χ0) is 14.0. The van der Waals surface area contributed by atoms with Crippen molar-refractivity contribution in [3.05, 3.63) is 50.9 Å². The number of hydrogen-bond donors (Lipinski definition) is 3. The van der Waals surface area contributed by atoms with Gasteiger partial charge in [-0.2, -0.15) is 0 Å². The van der Waals surface area contributed by atoms with Crippen molar-refractivity contribution >= 4 is 49.1 Å². The molecule has 0 unspecified atom stereocenters. The Morgan fingerprint density at radius 3 is 2.58 bits per heavy atom. The highest BCUT2D eigenvalue weighted by molar-refractivity contribution is 9.10. The largest absolute Gasteiger partial charge is 0.506 e. The third-order valence-corrected chi connectivity index (χ3v) is 3.68. The Morgan fingerprint density at radius 1 is 1.16 bits per heavy atom. The lowest BCUT2D eigenvalue weighted by Gasteiger charge is -2.08. The molecule has 0 bridgehead atoms. The Morgan fingerprint density at radius 2 is 1.89 bits per heavy atom. The van der Waals surface area contributed by atoms with E-state index in [1.54, 1.807) is 30.3 Å². The summed E-state index contributed by atoms with van der Waals surface area (Å²) in [6, 6.07) is 9.71. The number of anilines is 2. The van der Waals surface area contributed by atoms with Crippen LogP contribution in [0.4, 0.5) is 11.4 Å². The molecule has 0 atom stereocenters. The summed E-state index contributed by atoms with van der Waals surface area (Å²) in [5, 5.41) is 12.3. The summed E-state index contributed by atoms with van der Waals surface area (Å²) >= 11 is 6.54. The van der Waals surface area contributed by atoms with Gasteiger partial charge in [-0.1, -0.05) is 15.9 Å². The van der Waals surface area contributed by atoms with E-state index in [1.807, 2.05) is 0 Å². The second-order valence-electron chi connectivity index (χ2n) is 3.85. The number of nitrogens with two attached hydrogens (primary N) is 1. The highest BCUT2D eigenvalue weighted by Gasteiger charge is 2.10. The standard InChI is InChI=1S/C13H10Br2N2O2/c14-8-2-4-12(18)11(6-8)17-13(19)7-1-3-9(15)10(16)5-7/h1-6,18H,16H2,(H,17,19). The number of phenolic OH excluding ortho intramolecular Hbond substituents is 1. The maximum atomic E-state index is 12.0. The zero-order valence-corrected chi connectivity index (χ0v) is 12.8. The monoisotopic (exact) mass is 384 g/mol. The van der Waals surface area contributed by atoms with Gasteiger partial charge in [0.05, 0.1) is 5.69 Å². The van der Waals surface area contributed by atoms with E-state index in [9.17, 15) is 9.90 Å². The molecule has 4 nitrogen and oxygen atoms in total. The highest BCUT2D eigenvalue weighted by atomic mass is 79.9. The summed E-state index contributed by atoms with van der Waals surface area (Å²) in [5.41, 5.74) is 6.95. The molecule has 0 fully saturated rings. The number of carbonyl (C=O) groups is 1. The number of aromatic hydroxyl groups is 1. The summed E-state index contributed by atoms with van der Waals surface area (Å²) in [7, 11) is 0. The number of benzene rings is 2. The van der Waals surface area contributed by atoms with Gasteiger partial charge in [0.2, 0.25) is 0 Å². The van der Waals surface area contributed by atoms with Gasteiger partial charge in [-0.3, -0.25) is 4.79 Å². The molecule has 2 rings (SSSR count). The predicted octanol–water partition coefficient (Wildman–Crippen LogP) is 3.75. The van der Waals surface area contributed by atoms with E-state index in [-0.39, 0.29) is 11.7 Å². The minimum Gasteiger partial charge on any atom is -0.506 e. The van der Waals surface area contributed by atoms with Crippen LogP contribution in [0, 0.1) is 0 Å². The predicted molar refractivity (Wildman–Crippen MR) is 82.3 cm³/mol. The third kappa shape index (κ3) is 3.27. The van der Waals surface area contributed by atoms with Gasteiger partial charge in [0, 0.05) is 20.2 Å². The van der Waals surface area contributed by atoms with Crippen molar-refractivity contribution in [2.45, 2.75) is 0 Å². The van der Waals surface area contributed by atoms with Crippen LogP contribution in [0.25, 0.3) is 0 Å². The second kappa shape index (κ2) is 5.63. The van der Waals surface area contributed by atoms with Crippen LogP contribution in [0.1, 0.15) is 10.4 Å². The summed E-state index contributed by atoms with van der Waals surface area (Å²) in [6.45, 7) is 0. The average molecular weight is 386 g/mol. The molecule has 98 valence electrons. The van der Waals surface area contributed by atoms with Gasteiger partial charge >= 0.3 is 0 Å². The number of nitrogens with one attached hydrogen (secondary N) is 1. The molecule has 0 heterocycles. The van der Waals surface area contributed by atoms with Crippen LogP contribution in [-0.4, -0.2) is 11.0 Å². The fourth-order valence-electron chi connectivity index (χ4n) is 1.49. The number of hydrogen-bond acceptors (Lipinski definition) is 3. The van der Waals surface area contributed by atoms with E-state index in [1.165, 1.54) is 6.07 Å². The molecular weight excluding hydrogens is 376 g/mol. The smallest absolute Gasteiger partial charge is 0.255 e. The van der Waals surface area contributed by atoms with Crippen LogP contribution in [0.3, 0.4) is 0 Å². The number of nitrogen functional groups attached to an aromatic ring is 1. The lowest BCUT2D eigenvalue weighted by Crippen LogP contribution is -2.12. The number of carbonyl (C=O) groups excluding carboxylic acids is 1. The van der Waals surface area contributed by atoms with Crippen LogP contribution in [0.15, 0.2) is 45.3 Å². The second-order valence-corrected chi connectivity index (χ2v) is 5.62. The van der Waals surface area contributed by atoms with Crippen LogP contribution in [0.2, 0.25) is 0 Å². The molecule has 4 N–H and O–H groups in total. The van der Waals surface area contributed by atoms with Gasteiger partial charge < -0.3 is 16.2 Å². The van der Waals surface area contributed by atoms with Gasteiger partial charge in [0.25, 0.3) is 5.91 Å². The van der Waals surface area contributed by atoms with Crippen molar-refractivity contribution < 1.29 is 9.90 Å². The van der Waals surface area contributed by atoms with E-state index < -0.39 is 0 Å². The maximum absolute atomic E-state index is 12.0. The normalized spacial score (nSPS) is 10.2. The Kier molecular flexibility index (Phi) is 4.11. The van der Waals surface area contributed by atoms with Gasteiger partial charge in [0.15, 0.2) is 0 Å². The first-order chi connectivity index (χ1) is 8.97. The maximum Gasteiger partial charge on any atom is 0.255 e. The topological polar surface area (TPSA) is 75.4 Å². The Hall–Kier alpha value is -1.53. The molecule has 0 aliphatic rings. The van der Waals surface area contributed by atoms with Crippen LogP contribution in [-0.2, 0) is 0 Å². The molecule has 0 saturated carbocycles. The lowest BCUT2D eigenvalue weighted by molar-refractivity contribution is 0.102. The van der Waals surface area contributed by atoms with Crippen molar-refractivity contribution in [3.8, 4) is 5.75 Å². The lowest BCUT2D eigenvalue weighted by atomic mass is 10.2. The average Bonchev–Trinajstić information content (AvgIpc) is 2.37. The van der Waals surface area contributed by atoms with E-state index in [0.29, 0.717) is 16.9 Å². The van der Waals surface area contributed by atoms with Crippen molar-refractivity contribution in [3.63, 3.8) is 0 Å². The summed E-state index contributed by atoms with van der Waals surface area (Å²) in [6.07, 6.45) is 0. The molecule has 0 aliphatic carbocycles. The fraction of sp³-hybridized carbons (Fsp3) is 0. The van der Waals surface area contributed by atoms with E-state index in [0.717, 1.165) is 8.95 Å². The van der Waals surface area contributed by atoms with Crippen molar-refractivity contribution in [2.75, 3.05) is 11.1 Å². The first-order valence-corrected chi connectivity index (χ1v) is 6.91. The highest BCUT2D eigenvalue weighted by Crippen LogP contribution is 2.28. The molecule has 6 heteroatoms. The number of amides is 1. The minimum absolute atomic E-state index is 0.00151. The van der Waals surface area contributed by atoms with E-state index in [2.05, 4.69) is 37.2 Å². The molecule has 2 aromatic carbocycles. The minimum atomic E-state index is -0.340. The SMILES string of the molecule is Nc1cc(C(=O)Nc2cc(Br)ccc2O)ccc1Br.